The van der Waals surface area contributed by atoms with Gasteiger partial charge in [-0.2, -0.15) is 0 Å². The largest absolute Gasteiger partial charge is 0.344 e. The Hall–Kier alpha value is -0.830. The molecule has 0 spiro atoms. The molecular formula is C15H25N3. The molecule has 2 heterocycles. The normalized spacial score (nSPS) is 27.0. The number of hydrogen-bond acceptors (Lipinski definition) is 2. The van der Waals surface area contributed by atoms with Gasteiger partial charge < -0.3 is 10.3 Å². The molecule has 1 aliphatic heterocycles. The maximum atomic E-state index is 4.61. The molecule has 1 aliphatic carbocycles. The van der Waals surface area contributed by atoms with Crippen molar-refractivity contribution in [3.63, 3.8) is 0 Å². The smallest absolute Gasteiger partial charge is 0.123 e. The molecule has 0 amide bonds. The van der Waals surface area contributed by atoms with Gasteiger partial charge in [-0.25, -0.2) is 4.98 Å². The number of nitrogens with one attached hydrogen (secondary N) is 2. The van der Waals surface area contributed by atoms with Crippen molar-refractivity contribution in [2.45, 2.75) is 69.7 Å². The highest BCUT2D eigenvalue weighted by Gasteiger charge is 2.21. The van der Waals surface area contributed by atoms with E-state index in [1.807, 2.05) is 0 Å². The number of rotatable bonds is 2. The zero-order chi connectivity index (χ0) is 12.2. The molecule has 0 bridgehead atoms. The molecule has 0 radical (unpaired) electrons. The van der Waals surface area contributed by atoms with E-state index in [-0.39, 0.29) is 0 Å². The Kier molecular flexibility index (Phi) is 3.99. The SMILES string of the molecule is c1nc(C2CCCN2)[nH]c1C1CCCCCCC1. The number of H-pyrrole nitrogens is 1. The van der Waals surface area contributed by atoms with Gasteiger partial charge in [0.05, 0.1) is 6.04 Å². The van der Waals surface area contributed by atoms with E-state index in [4.69, 9.17) is 0 Å². The van der Waals surface area contributed by atoms with Crippen molar-refractivity contribution in [2.24, 2.45) is 0 Å². The standard InChI is InChI=1S/C15H25N3/c1-2-4-7-12(8-5-3-1)14-11-17-15(18-14)13-9-6-10-16-13/h11-13,16H,1-10H2,(H,17,18). The first-order valence-electron chi connectivity index (χ1n) is 7.71. The number of aromatic amines is 1. The summed E-state index contributed by atoms with van der Waals surface area (Å²) in [5.41, 5.74) is 1.39. The minimum absolute atomic E-state index is 0.479. The molecule has 3 rings (SSSR count). The Morgan fingerprint density at radius 2 is 1.72 bits per heavy atom. The molecule has 2 aliphatic rings. The summed E-state index contributed by atoms with van der Waals surface area (Å²) in [6.45, 7) is 1.14. The Bertz CT molecular complexity index is 358. The second-order valence-corrected chi connectivity index (χ2v) is 5.91. The van der Waals surface area contributed by atoms with E-state index >= 15 is 0 Å². The fourth-order valence-electron chi connectivity index (χ4n) is 3.42. The van der Waals surface area contributed by atoms with Crippen LogP contribution >= 0.6 is 0 Å². The van der Waals surface area contributed by atoms with Crippen LogP contribution in [0.15, 0.2) is 6.20 Å². The molecule has 1 unspecified atom stereocenters. The van der Waals surface area contributed by atoms with Gasteiger partial charge in [0.1, 0.15) is 5.82 Å². The lowest BCUT2D eigenvalue weighted by Gasteiger charge is -2.18. The van der Waals surface area contributed by atoms with Crippen LogP contribution in [0.2, 0.25) is 0 Å². The molecule has 1 saturated heterocycles. The minimum atomic E-state index is 0.479. The van der Waals surface area contributed by atoms with Crippen molar-refractivity contribution >= 4 is 0 Å². The topological polar surface area (TPSA) is 40.7 Å². The van der Waals surface area contributed by atoms with Crippen molar-refractivity contribution in [3.05, 3.63) is 17.7 Å². The predicted octanol–water partition coefficient (Wildman–Crippen LogP) is 3.66. The highest BCUT2D eigenvalue weighted by atomic mass is 15.0. The number of aromatic nitrogens is 2. The number of hydrogen-bond donors (Lipinski definition) is 2. The quantitative estimate of drug-likeness (QED) is 0.837. The molecule has 2 N–H and O–H groups in total. The summed E-state index contributed by atoms with van der Waals surface area (Å²) in [6, 6.07) is 0.479. The monoisotopic (exact) mass is 247 g/mol. The summed E-state index contributed by atoms with van der Waals surface area (Å²) in [5, 5.41) is 3.52. The van der Waals surface area contributed by atoms with Gasteiger partial charge in [-0.1, -0.05) is 32.1 Å². The van der Waals surface area contributed by atoms with Crippen LogP contribution in [0.25, 0.3) is 0 Å². The van der Waals surface area contributed by atoms with E-state index in [1.54, 1.807) is 0 Å². The fourth-order valence-corrected chi connectivity index (χ4v) is 3.42. The predicted molar refractivity (Wildman–Crippen MR) is 73.6 cm³/mol. The Morgan fingerprint density at radius 1 is 0.944 bits per heavy atom. The average Bonchev–Trinajstić information content (AvgIpc) is 2.98. The van der Waals surface area contributed by atoms with Gasteiger partial charge in [0.2, 0.25) is 0 Å². The molecule has 2 fully saturated rings. The van der Waals surface area contributed by atoms with Crippen molar-refractivity contribution in [1.82, 2.24) is 15.3 Å². The summed E-state index contributed by atoms with van der Waals surface area (Å²) in [7, 11) is 0. The van der Waals surface area contributed by atoms with E-state index in [2.05, 4.69) is 21.5 Å². The van der Waals surface area contributed by atoms with E-state index < -0.39 is 0 Å². The van der Waals surface area contributed by atoms with Crippen LogP contribution in [0.5, 0.6) is 0 Å². The lowest BCUT2D eigenvalue weighted by Crippen LogP contribution is -2.14. The van der Waals surface area contributed by atoms with Gasteiger partial charge >= 0.3 is 0 Å². The third kappa shape index (κ3) is 2.77. The Balaban J connectivity index is 1.66. The second-order valence-electron chi connectivity index (χ2n) is 5.91. The summed E-state index contributed by atoms with van der Waals surface area (Å²) in [5.74, 6) is 1.90. The van der Waals surface area contributed by atoms with E-state index in [0.29, 0.717) is 6.04 Å². The Morgan fingerprint density at radius 3 is 2.44 bits per heavy atom. The molecule has 1 atom stereocenters. The first kappa shape index (κ1) is 12.2. The minimum Gasteiger partial charge on any atom is -0.344 e. The second kappa shape index (κ2) is 5.87. The average molecular weight is 247 g/mol. The van der Waals surface area contributed by atoms with Crippen LogP contribution in [0.4, 0.5) is 0 Å². The molecule has 1 saturated carbocycles. The maximum absolute atomic E-state index is 4.61. The van der Waals surface area contributed by atoms with E-state index in [0.717, 1.165) is 12.5 Å². The first-order valence-corrected chi connectivity index (χ1v) is 7.71. The lowest BCUT2D eigenvalue weighted by molar-refractivity contribution is 0.449. The van der Waals surface area contributed by atoms with Crippen molar-refractivity contribution in [1.29, 1.82) is 0 Å². The van der Waals surface area contributed by atoms with Gasteiger partial charge in [-0.05, 0) is 32.2 Å². The van der Waals surface area contributed by atoms with E-state index in [1.165, 1.54) is 69.3 Å². The summed E-state index contributed by atoms with van der Waals surface area (Å²) < 4.78 is 0. The highest BCUT2D eigenvalue weighted by molar-refractivity contribution is 5.11. The van der Waals surface area contributed by atoms with Gasteiger partial charge in [0.25, 0.3) is 0 Å². The van der Waals surface area contributed by atoms with Gasteiger partial charge in [-0.15, -0.1) is 0 Å². The fraction of sp³-hybridized carbons (Fsp3) is 0.800. The van der Waals surface area contributed by atoms with Crippen molar-refractivity contribution < 1.29 is 0 Å². The van der Waals surface area contributed by atoms with Gasteiger partial charge in [0, 0.05) is 17.8 Å². The van der Waals surface area contributed by atoms with Crippen LogP contribution in [0.3, 0.4) is 0 Å². The summed E-state index contributed by atoms with van der Waals surface area (Å²) in [4.78, 5) is 8.21. The molecule has 1 aromatic rings. The van der Waals surface area contributed by atoms with Crippen LogP contribution in [-0.4, -0.2) is 16.5 Å². The van der Waals surface area contributed by atoms with Crippen LogP contribution in [0.1, 0.15) is 81.3 Å². The van der Waals surface area contributed by atoms with Crippen molar-refractivity contribution in [2.75, 3.05) is 6.54 Å². The third-order valence-electron chi connectivity index (χ3n) is 4.55. The van der Waals surface area contributed by atoms with E-state index in [9.17, 15) is 0 Å². The third-order valence-corrected chi connectivity index (χ3v) is 4.55. The molecule has 3 heteroatoms. The molecule has 3 nitrogen and oxygen atoms in total. The molecule has 18 heavy (non-hydrogen) atoms. The zero-order valence-corrected chi connectivity index (χ0v) is 11.3. The zero-order valence-electron chi connectivity index (χ0n) is 11.3. The number of nitrogens with zero attached hydrogens (tertiary/aromatic N) is 1. The maximum Gasteiger partial charge on any atom is 0.123 e. The first-order chi connectivity index (χ1) is 8.93. The number of imidazole rings is 1. The summed E-state index contributed by atoms with van der Waals surface area (Å²) >= 11 is 0. The summed E-state index contributed by atoms with van der Waals surface area (Å²) in [6.07, 6.45) is 14.4. The van der Waals surface area contributed by atoms with Crippen LogP contribution in [0, 0.1) is 0 Å². The van der Waals surface area contributed by atoms with Crippen LogP contribution < -0.4 is 5.32 Å². The van der Waals surface area contributed by atoms with Crippen LogP contribution in [-0.2, 0) is 0 Å². The van der Waals surface area contributed by atoms with Gasteiger partial charge in [0.15, 0.2) is 0 Å². The Labute approximate surface area is 110 Å². The molecule has 1 aromatic heterocycles. The molecular weight excluding hydrogens is 222 g/mol. The van der Waals surface area contributed by atoms with Crippen molar-refractivity contribution in [3.8, 4) is 0 Å². The molecule has 0 aromatic carbocycles. The highest BCUT2D eigenvalue weighted by Crippen LogP contribution is 2.31. The molecule has 100 valence electrons. The lowest BCUT2D eigenvalue weighted by atomic mass is 9.89. The van der Waals surface area contributed by atoms with Gasteiger partial charge in [-0.3, -0.25) is 0 Å².